The summed E-state index contributed by atoms with van der Waals surface area (Å²) in [5.74, 6) is 2.21. The first-order valence-corrected chi connectivity index (χ1v) is 8.57. The molecule has 3 saturated heterocycles. The van der Waals surface area contributed by atoms with Crippen molar-refractivity contribution in [3.05, 3.63) is 29.4 Å². The van der Waals surface area contributed by atoms with Crippen LogP contribution in [0.15, 0.2) is 16.9 Å². The first-order valence-electron chi connectivity index (χ1n) is 8.57. The molecule has 3 aliphatic heterocycles. The van der Waals surface area contributed by atoms with Gasteiger partial charge in [0.1, 0.15) is 23.7 Å². The number of hydrogen-bond donors (Lipinski definition) is 1. The van der Waals surface area contributed by atoms with E-state index >= 15 is 0 Å². The summed E-state index contributed by atoms with van der Waals surface area (Å²) in [5.41, 5.74) is 7.66. The van der Waals surface area contributed by atoms with Crippen molar-refractivity contribution >= 4 is 17.5 Å². The number of aromatic nitrogens is 3. The smallest absolute Gasteiger partial charge is 0.228 e. The van der Waals surface area contributed by atoms with Crippen LogP contribution in [-0.4, -0.2) is 45.1 Å². The maximum absolute atomic E-state index is 13.0. The van der Waals surface area contributed by atoms with Crippen LogP contribution in [0.5, 0.6) is 0 Å². The molecular weight excluding hydrogens is 320 g/mol. The van der Waals surface area contributed by atoms with Crippen molar-refractivity contribution in [2.45, 2.75) is 39.3 Å². The van der Waals surface area contributed by atoms with Gasteiger partial charge in [-0.05, 0) is 26.7 Å². The Morgan fingerprint density at radius 2 is 2.12 bits per heavy atom. The van der Waals surface area contributed by atoms with E-state index < -0.39 is 0 Å². The van der Waals surface area contributed by atoms with Crippen molar-refractivity contribution in [2.75, 3.05) is 23.7 Å². The van der Waals surface area contributed by atoms with Gasteiger partial charge in [0, 0.05) is 30.8 Å². The second kappa shape index (κ2) is 6.02. The average molecular weight is 342 g/mol. The Hall–Kier alpha value is -2.64. The molecule has 0 aromatic carbocycles. The number of carbonyl (C=O) groups is 1. The fourth-order valence-electron chi connectivity index (χ4n) is 3.87. The molecule has 3 aliphatic rings. The molecule has 8 nitrogen and oxygen atoms in total. The van der Waals surface area contributed by atoms with Gasteiger partial charge in [0.05, 0.1) is 18.2 Å². The lowest BCUT2D eigenvalue weighted by atomic mass is 9.93. The Kier molecular flexibility index (Phi) is 3.82. The highest BCUT2D eigenvalue weighted by molar-refractivity contribution is 5.81. The zero-order chi connectivity index (χ0) is 17.6. The van der Waals surface area contributed by atoms with Gasteiger partial charge in [-0.15, -0.1) is 0 Å². The highest BCUT2D eigenvalue weighted by atomic mass is 16.5. The highest BCUT2D eigenvalue weighted by Crippen LogP contribution is 2.33. The van der Waals surface area contributed by atoms with Crippen LogP contribution in [0.3, 0.4) is 0 Å². The van der Waals surface area contributed by atoms with Gasteiger partial charge in [-0.1, -0.05) is 5.16 Å². The van der Waals surface area contributed by atoms with Crippen LogP contribution in [0.4, 0.5) is 11.6 Å². The van der Waals surface area contributed by atoms with Crippen LogP contribution in [0.1, 0.15) is 29.9 Å². The van der Waals surface area contributed by atoms with E-state index in [0.29, 0.717) is 18.9 Å². The zero-order valence-electron chi connectivity index (χ0n) is 14.5. The Labute approximate surface area is 146 Å². The quantitative estimate of drug-likeness (QED) is 0.897. The van der Waals surface area contributed by atoms with E-state index in [0.717, 1.165) is 42.2 Å². The number of amides is 1. The summed E-state index contributed by atoms with van der Waals surface area (Å²) in [7, 11) is 0. The number of nitrogens with zero attached hydrogens (tertiary/aromatic N) is 5. The van der Waals surface area contributed by atoms with Gasteiger partial charge in [-0.25, -0.2) is 9.97 Å². The monoisotopic (exact) mass is 342 g/mol. The number of aryl methyl sites for hydroxylation is 2. The van der Waals surface area contributed by atoms with E-state index in [9.17, 15) is 4.79 Å². The second-order valence-electron chi connectivity index (χ2n) is 6.90. The summed E-state index contributed by atoms with van der Waals surface area (Å²) in [6.07, 6.45) is 3.39. The first kappa shape index (κ1) is 15.9. The van der Waals surface area contributed by atoms with E-state index in [4.69, 9.17) is 10.3 Å². The lowest BCUT2D eigenvalue weighted by Crippen LogP contribution is -2.47. The number of nitrogen functional groups attached to an aromatic ring is 1. The van der Waals surface area contributed by atoms with Gasteiger partial charge in [-0.3, -0.25) is 4.79 Å². The summed E-state index contributed by atoms with van der Waals surface area (Å²) < 4.78 is 5.26. The third-order valence-corrected chi connectivity index (χ3v) is 5.30. The molecule has 0 spiro atoms. The molecule has 2 N–H and O–H groups in total. The van der Waals surface area contributed by atoms with E-state index in [2.05, 4.69) is 20.0 Å². The predicted molar refractivity (Wildman–Crippen MR) is 91.7 cm³/mol. The van der Waals surface area contributed by atoms with Gasteiger partial charge < -0.3 is 20.1 Å². The largest absolute Gasteiger partial charge is 0.384 e. The van der Waals surface area contributed by atoms with E-state index in [1.807, 2.05) is 18.7 Å². The number of carbonyl (C=O) groups excluding carboxylic acids is 1. The first-order chi connectivity index (χ1) is 12.0. The molecular formula is C17H22N6O2. The lowest BCUT2D eigenvalue weighted by molar-refractivity contribution is -0.140. The fraction of sp³-hybridized carbons (Fsp3) is 0.529. The second-order valence-corrected chi connectivity index (χ2v) is 6.90. The normalized spacial score (nSPS) is 23.2. The molecule has 2 aromatic rings. The van der Waals surface area contributed by atoms with Crippen LogP contribution in [-0.2, 0) is 11.3 Å². The molecule has 132 valence electrons. The summed E-state index contributed by atoms with van der Waals surface area (Å²) >= 11 is 0. The molecule has 0 aliphatic carbocycles. The molecule has 25 heavy (non-hydrogen) atoms. The Morgan fingerprint density at radius 3 is 2.84 bits per heavy atom. The molecule has 2 aromatic heterocycles. The topological polar surface area (TPSA) is 101 Å². The number of hydrogen-bond acceptors (Lipinski definition) is 7. The predicted octanol–water partition coefficient (Wildman–Crippen LogP) is 1.29. The lowest BCUT2D eigenvalue weighted by Gasteiger charge is -2.35. The molecule has 0 unspecified atom stereocenters. The van der Waals surface area contributed by atoms with Gasteiger partial charge in [0.2, 0.25) is 5.91 Å². The van der Waals surface area contributed by atoms with Crippen LogP contribution >= 0.6 is 0 Å². The molecule has 8 heteroatoms. The van der Waals surface area contributed by atoms with E-state index in [1.165, 1.54) is 6.33 Å². The Morgan fingerprint density at radius 1 is 1.28 bits per heavy atom. The molecule has 0 saturated carbocycles. The van der Waals surface area contributed by atoms with Crippen molar-refractivity contribution in [2.24, 2.45) is 5.92 Å². The number of rotatable bonds is 3. The Balaban J connectivity index is 1.61. The van der Waals surface area contributed by atoms with E-state index in [1.54, 1.807) is 6.07 Å². The summed E-state index contributed by atoms with van der Waals surface area (Å²) in [6, 6.07) is 1.92. The van der Waals surface area contributed by atoms with Crippen molar-refractivity contribution in [3.63, 3.8) is 0 Å². The van der Waals surface area contributed by atoms with Crippen molar-refractivity contribution in [1.29, 1.82) is 0 Å². The van der Waals surface area contributed by atoms with Crippen LogP contribution in [0, 0.1) is 19.8 Å². The number of nitrogens with two attached hydrogens (primary N) is 1. The number of piperidine rings is 1. The third-order valence-electron chi connectivity index (χ3n) is 5.30. The van der Waals surface area contributed by atoms with Crippen LogP contribution in [0.2, 0.25) is 0 Å². The molecule has 2 atom stereocenters. The maximum Gasteiger partial charge on any atom is 0.228 e. The van der Waals surface area contributed by atoms with Gasteiger partial charge in [0.25, 0.3) is 0 Å². The van der Waals surface area contributed by atoms with Gasteiger partial charge in [0.15, 0.2) is 0 Å². The Bertz CT molecular complexity index is 785. The minimum absolute atomic E-state index is 0.0181. The zero-order valence-corrected chi connectivity index (χ0v) is 14.5. The van der Waals surface area contributed by atoms with Crippen molar-refractivity contribution in [1.82, 2.24) is 20.0 Å². The molecule has 5 heterocycles. The number of anilines is 2. The SMILES string of the molecule is Cc1noc(C)c1CN1C(=O)[C@H]2CC[C@@H]1CN(c1cc(N)ncn1)C2. The number of fused-ring (bicyclic) bond motifs is 4. The minimum Gasteiger partial charge on any atom is -0.384 e. The standard InChI is InChI=1S/C17H22N6O2/c1-10-14(11(2)25-21-10)8-23-13-4-3-12(17(23)24)6-22(7-13)16-5-15(18)19-9-20-16/h5,9,12-13H,3-4,6-8H2,1-2H3,(H2,18,19,20)/t12-,13+/m0/s1. The average Bonchev–Trinajstić information content (AvgIpc) is 2.78. The van der Waals surface area contributed by atoms with Crippen LogP contribution < -0.4 is 10.6 Å². The van der Waals surface area contributed by atoms with Crippen molar-refractivity contribution < 1.29 is 9.32 Å². The fourth-order valence-corrected chi connectivity index (χ4v) is 3.87. The molecule has 5 rings (SSSR count). The summed E-state index contributed by atoms with van der Waals surface area (Å²) in [6.45, 7) is 5.79. The third kappa shape index (κ3) is 2.81. The highest BCUT2D eigenvalue weighted by Gasteiger charge is 2.41. The van der Waals surface area contributed by atoms with Crippen LogP contribution in [0.25, 0.3) is 0 Å². The summed E-state index contributed by atoms with van der Waals surface area (Å²) in [4.78, 5) is 25.4. The summed E-state index contributed by atoms with van der Waals surface area (Å²) in [5, 5.41) is 4.01. The minimum atomic E-state index is -0.0181. The molecule has 0 radical (unpaired) electrons. The molecule has 2 bridgehead atoms. The molecule has 1 amide bonds. The molecule has 3 fully saturated rings. The van der Waals surface area contributed by atoms with Gasteiger partial charge in [-0.2, -0.15) is 0 Å². The van der Waals surface area contributed by atoms with Gasteiger partial charge >= 0.3 is 0 Å². The van der Waals surface area contributed by atoms with Crippen molar-refractivity contribution in [3.8, 4) is 0 Å². The maximum atomic E-state index is 13.0. The van der Waals surface area contributed by atoms with E-state index in [-0.39, 0.29) is 17.9 Å².